The van der Waals surface area contributed by atoms with Gasteiger partial charge in [0, 0.05) is 6.61 Å². The van der Waals surface area contributed by atoms with Gasteiger partial charge >= 0.3 is 0 Å². The van der Waals surface area contributed by atoms with Crippen LogP contribution >= 0.6 is 0 Å². The van der Waals surface area contributed by atoms with Crippen LogP contribution in [0.2, 0.25) is 0 Å². The molecule has 2 aliphatic heterocycles. The van der Waals surface area contributed by atoms with Crippen LogP contribution in [0.1, 0.15) is 36.0 Å². The summed E-state index contributed by atoms with van der Waals surface area (Å²) in [5.74, 6) is 0. The summed E-state index contributed by atoms with van der Waals surface area (Å²) in [4.78, 5) is 0. The van der Waals surface area contributed by atoms with Crippen LogP contribution in [0.4, 0.5) is 0 Å². The van der Waals surface area contributed by atoms with Gasteiger partial charge in [0.15, 0.2) is 0 Å². The topological polar surface area (TPSA) is 66.4 Å². The van der Waals surface area contributed by atoms with Crippen LogP contribution in [0.5, 0.6) is 0 Å². The molecular formula is C32H38O6. The zero-order valence-corrected chi connectivity index (χ0v) is 21.8. The molecule has 6 atom stereocenters. The molecule has 2 aliphatic rings. The predicted octanol–water partition coefficient (Wildman–Crippen LogP) is 5.07. The Labute approximate surface area is 225 Å². The summed E-state index contributed by atoms with van der Waals surface area (Å²) >= 11 is 0. The van der Waals surface area contributed by atoms with Gasteiger partial charge in [-0.05, 0) is 36.0 Å². The first-order chi connectivity index (χ1) is 18.8. The second-order valence-electron chi connectivity index (χ2n) is 10.0. The number of rotatable bonds is 13. The summed E-state index contributed by atoms with van der Waals surface area (Å²) in [6.45, 7) is 2.06. The van der Waals surface area contributed by atoms with Crippen molar-refractivity contribution in [1.29, 1.82) is 0 Å². The molecule has 2 heterocycles. The third-order valence-corrected chi connectivity index (χ3v) is 7.29. The van der Waals surface area contributed by atoms with Gasteiger partial charge in [-0.15, -0.1) is 0 Å². The first kappa shape index (κ1) is 27.0. The number of benzene rings is 3. The van der Waals surface area contributed by atoms with Crippen LogP contribution in [-0.4, -0.2) is 54.9 Å². The average molecular weight is 519 g/mol. The maximum Gasteiger partial charge on any atom is 0.115 e. The zero-order valence-electron chi connectivity index (χ0n) is 21.8. The van der Waals surface area contributed by atoms with Gasteiger partial charge in [-0.25, -0.2) is 0 Å². The third kappa shape index (κ3) is 7.29. The molecule has 0 radical (unpaired) electrons. The lowest BCUT2D eigenvalue weighted by Gasteiger charge is -2.27. The van der Waals surface area contributed by atoms with Crippen LogP contribution in [0.3, 0.4) is 0 Å². The van der Waals surface area contributed by atoms with Crippen LogP contribution in [0, 0.1) is 0 Å². The van der Waals surface area contributed by atoms with Crippen molar-refractivity contribution in [3.05, 3.63) is 108 Å². The van der Waals surface area contributed by atoms with Gasteiger partial charge in [0.05, 0.1) is 44.7 Å². The monoisotopic (exact) mass is 518 g/mol. The molecule has 0 aliphatic carbocycles. The van der Waals surface area contributed by atoms with E-state index in [0.717, 1.165) is 29.5 Å². The number of hydrogen-bond donors (Lipinski definition) is 1. The van der Waals surface area contributed by atoms with Crippen molar-refractivity contribution in [2.45, 2.75) is 75.7 Å². The maximum atomic E-state index is 9.66. The van der Waals surface area contributed by atoms with E-state index in [-0.39, 0.29) is 43.2 Å². The van der Waals surface area contributed by atoms with Crippen molar-refractivity contribution in [2.75, 3.05) is 13.2 Å². The minimum Gasteiger partial charge on any atom is -0.394 e. The Morgan fingerprint density at radius 2 is 1.21 bits per heavy atom. The fourth-order valence-electron chi connectivity index (χ4n) is 5.29. The fourth-order valence-corrected chi connectivity index (χ4v) is 5.29. The van der Waals surface area contributed by atoms with Gasteiger partial charge < -0.3 is 28.8 Å². The molecular weight excluding hydrogens is 480 g/mol. The van der Waals surface area contributed by atoms with Crippen LogP contribution in [0.15, 0.2) is 91.0 Å². The molecule has 38 heavy (non-hydrogen) atoms. The smallest absolute Gasteiger partial charge is 0.115 e. The number of hydrogen-bond acceptors (Lipinski definition) is 6. The van der Waals surface area contributed by atoms with Crippen LogP contribution in [0.25, 0.3) is 0 Å². The molecule has 2 saturated heterocycles. The standard InChI is InChI=1S/C32H38O6/c33-20-27-16-17-28(37-27)31-32(36-23-26-14-8-3-9-15-26)30(35-22-25-12-6-2-7-13-25)29(38-31)18-19-34-21-24-10-4-1-5-11-24/h1-15,27-33H,16-23H2/t27?,28-,29-,30+,31-,32-/m1/s1. The van der Waals surface area contributed by atoms with E-state index in [1.807, 2.05) is 54.6 Å². The van der Waals surface area contributed by atoms with Crippen molar-refractivity contribution in [1.82, 2.24) is 0 Å². The Morgan fingerprint density at radius 3 is 1.76 bits per heavy atom. The van der Waals surface area contributed by atoms with E-state index in [1.165, 1.54) is 0 Å². The highest BCUT2D eigenvalue weighted by Gasteiger charge is 2.51. The summed E-state index contributed by atoms with van der Waals surface area (Å²) < 4.78 is 32.0. The molecule has 3 aromatic rings. The highest BCUT2D eigenvalue weighted by molar-refractivity contribution is 5.15. The van der Waals surface area contributed by atoms with Gasteiger partial charge in [0.1, 0.15) is 18.3 Å². The molecule has 0 bridgehead atoms. The normalized spacial score (nSPS) is 27.1. The quantitative estimate of drug-likeness (QED) is 0.319. The second-order valence-corrected chi connectivity index (χ2v) is 10.0. The van der Waals surface area contributed by atoms with Crippen LogP contribution in [-0.2, 0) is 43.5 Å². The predicted molar refractivity (Wildman–Crippen MR) is 144 cm³/mol. The molecule has 0 aromatic heterocycles. The molecule has 0 saturated carbocycles. The van der Waals surface area contributed by atoms with E-state index in [4.69, 9.17) is 23.7 Å². The first-order valence-corrected chi connectivity index (χ1v) is 13.6. The highest BCUT2D eigenvalue weighted by Crippen LogP contribution is 2.37. The van der Waals surface area contributed by atoms with Crippen molar-refractivity contribution in [3.63, 3.8) is 0 Å². The van der Waals surface area contributed by atoms with Gasteiger partial charge in [-0.1, -0.05) is 91.0 Å². The summed E-state index contributed by atoms with van der Waals surface area (Å²) in [6.07, 6.45) is 0.954. The SMILES string of the molecule is OCC1CC[C@H]([C@H]2O[C@H](CCOCc3ccccc3)[C@H](OCc3ccccc3)[C@H]2OCc2ccccc2)O1. The Bertz CT molecular complexity index is 1060. The summed E-state index contributed by atoms with van der Waals surface area (Å²) in [5, 5.41) is 9.66. The molecule has 0 amide bonds. The van der Waals surface area contributed by atoms with E-state index in [2.05, 4.69) is 36.4 Å². The van der Waals surface area contributed by atoms with Gasteiger partial charge in [0.25, 0.3) is 0 Å². The molecule has 1 unspecified atom stereocenters. The molecule has 0 spiro atoms. The molecule has 2 fully saturated rings. The van der Waals surface area contributed by atoms with E-state index in [9.17, 15) is 5.11 Å². The Balaban J connectivity index is 1.30. The minimum absolute atomic E-state index is 0.0173. The largest absolute Gasteiger partial charge is 0.394 e. The molecule has 3 aromatic carbocycles. The summed E-state index contributed by atoms with van der Waals surface area (Å²) in [6, 6.07) is 30.5. The lowest BCUT2D eigenvalue weighted by Crippen LogP contribution is -2.42. The van der Waals surface area contributed by atoms with Crippen molar-refractivity contribution in [2.24, 2.45) is 0 Å². The van der Waals surface area contributed by atoms with E-state index in [1.54, 1.807) is 0 Å². The van der Waals surface area contributed by atoms with E-state index < -0.39 is 0 Å². The fraction of sp³-hybridized carbons (Fsp3) is 0.438. The van der Waals surface area contributed by atoms with Crippen molar-refractivity contribution >= 4 is 0 Å². The maximum absolute atomic E-state index is 9.66. The number of ether oxygens (including phenoxy) is 5. The Hall–Kier alpha value is -2.58. The molecule has 1 N–H and O–H groups in total. The lowest BCUT2D eigenvalue weighted by atomic mass is 10.00. The number of aliphatic hydroxyl groups is 1. The summed E-state index contributed by atoms with van der Waals surface area (Å²) in [7, 11) is 0. The van der Waals surface area contributed by atoms with Crippen molar-refractivity contribution < 1.29 is 28.8 Å². The average Bonchev–Trinajstić information content (AvgIpc) is 3.59. The molecule has 6 heteroatoms. The van der Waals surface area contributed by atoms with Crippen LogP contribution < -0.4 is 0 Å². The second kappa shape index (κ2) is 14.0. The van der Waals surface area contributed by atoms with Crippen molar-refractivity contribution in [3.8, 4) is 0 Å². The highest BCUT2D eigenvalue weighted by atomic mass is 16.6. The Kier molecular flexibility index (Phi) is 9.94. The zero-order chi connectivity index (χ0) is 26.0. The molecule has 6 nitrogen and oxygen atoms in total. The van der Waals surface area contributed by atoms with E-state index >= 15 is 0 Å². The minimum atomic E-state index is -0.305. The third-order valence-electron chi connectivity index (χ3n) is 7.29. The summed E-state index contributed by atoms with van der Waals surface area (Å²) in [5.41, 5.74) is 3.35. The van der Waals surface area contributed by atoms with Gasteiger partial charge in [-0.2, -0.15) is 0 Å². The number of aliphatic hydroxyl groups excluding tert-OH is 1. The van der Waals surface area contributed by atoms with Gasteiger partial charge in [0.2, 0.25) is 0 Å². The first-order valence-electron chi connectivity index (χ1n) is 13.6. The lowest BCUT2D eigenvalue weighted by molar-refractivity contribution is -0.117. The van der Waals surface area contributed by atoms with Gasteiger partial charge in [-0.3, -0.25) is 0 Å². The van der Waals surface area contributed by atoms with E-state index in [0.29, 0.717) is 32.8 Å². The molecule has 202 valence electrons. The molecule has 5 rings (SSSR count). The Morgan fingerprint density at radius 1 is 0.658 bits per heavy atom.